The van der Waals surface area contributed by atoms with Crippen LogP contribution in [0.15, 0.2) is 24.3 Å². The van der Waals surface area contributed by atoms with Crippen molar-refractivity contribution in [3.63, 3.8) is 0 Å². The number of rotatable bonds is 8. The van der Waals surface area contributed by atoms with Gasteiger partial charge in [-0.15, -0.1) is 0 Å². The minimum absolute atomic E-state index is 0.146. The minimum Gasteiger partial charge on any atom is -0.550 e. The van der Waals surface area contributed by atoms with Crippen LogP contribution in [-0.4, -0.2) is 18.4 Å². The number of carbonyl (C=O) groups is 2. The van der Waals surface area contributed by atoms with Crippen LogP contribution in [0.25, 0.3) is 0 Å². The number of amides is 1. The lowest BCUT2D eigenvalue weighted by Crippen LogP contribution is -2.48. The van der Waals surface area contributed by atoms with E-state index in [4.69, 9.17) is 0 Å². The minimum atomic E-state index is -1.15. The molecule has 5 rings (SSSR count). The molecule has 1 aromatic carbocycles. The van der Waals surface area contributed by atoms with Crippen LogP contribution in [0.5, 0.6) is 0 Å². The van der Waals surface area contributed by atoms with E-state index in [1.165, 1.54) is 38.5 Å². The summed E-state index contributed by atoms with van der Waals surface area (Å²) < 4.78 is 0. The van der Waals surface area contributed by atoms with E-state index in [0.717, 1.165) is 35.3 Å². The Hall–Kier alpha value is -1.84. The van der Waals surface area contributed by atoms with Crippen molar-refractivity contribution >= 4 is 11.9 Å². The van der Waals surface area contributed by atoms with Crippen LogP contribution in [0.3, 0.4) is 0 Å². The van der Waals surface area contributed by atoms with Gasteiger partial charge in [-0.1, -0.05) is 36.8 Å². The topological polar surface area (TPSA) is 69.2 Å². The lowest BCUT2D eigenvalue weighted by Gasteiger charge is -2.57. The van der Waals surface area contributed by atoms with Crippen LogP contribution in [0.2, 0.25) is 0 Å². The van der Waals surface area contributed by atoms with Crippen LogP contribution in [0, 0.1) is 41.9 Å². The Morgan fingerprint density at radius 2 is 1.62 bits per heavy atom. The van der Waals surface area contributed by atoms with Crippen molar-refractivity contribution < 1.29 is 14.7 Å². The summed E-state index contributed by atoms with van der Waals surface area (Å²) in [5.41, 5.74) is 2.57. The molecule has 0 radical (unpaired) electrons. The first kappa shape index (κ1) is 20.4. The van der Waals surface area contributed by atoms with Crippen molar-refractivity contribution in [2.45, 2.75) is 65.2 Å². The molecule has 4 saturated carbocycles. The van der Waals surface area contributed by atoms with Gasteiger partial charge in [-0.25, -0.2) is 0 Å². The number of aryl methyl sites for hydroxylation is 1. The first-order valence-corrected chi connectivity index (χ1v) is 11.4. The highest BCUT2D eigenvalue weighted by molar-refractivity contribution is 5.84. The van der Waals surface area contributed by atoms with Gasteiger partial charge in [-0.05, 0) is 87.0 Å². The van der Waals surface area contributed by atoms with Crippen LogP contribution in [0.1, 0.15) is 63.0 Å². The number of hydrogen-bond donors (Lipinski definition) is 1. The summed E-state index contributed by atoms with van der Waals surface area (Å²) >= 11 is 0. The number of aliphatic carboxylic acids is 1. The molecule has 4 fully saturated rings. The summed E-state index contributed by atoms with van der Waals surface area (Å²) in [4.78, 5) is 24.4. The molecule has 0 heterocycles. The molecular formula is C25H34NO3-. The van der Waals surface area contributed by atoms with Crippen molar-refractivity contribution in [3.8, 4) is 0 Å². The third-order valence-electron chi connectivity index (χ3n) is 8.01. The van der Waals surface area contributed by atoms with E-state index < -0.39 is 17.8 Å². The zero-order valence-corrected chi connectivity index (χ0v) is 17.8. The predicted octanol–water partition coefficient (Wildman–Crippen LogP) is 3.26. The quantitative estimate of drug-likeness (QED) is 0.733. The zero-order chi connectivity index (χ0) is 20.6. The number of nitrogens with one attached hydrogen (secondary N) is 1. The molecular weight excluding hydrogens is 362 g/mol. The van der Waals surface area contributed by atoms with Crippen LogP contribution >= 0.6 is 0 Å². The van der Waals surface area contributed by atoms with Crippen molar-refractivity contribution in [3.05, 3.63) is 35.4 Å². The zero-order valence-electron chi connectivity index (χ0n) is 17.8. The summed E-state index contributed by atoms with van der Waals surface area (Å²) in [6, 6.07) is 7.96. The van der Waals surface area contributed by atoms with E-state index in [2.05, 4.69) is 5.32 Å². The Balaban J connectivity index is 1.36. The molecule has 0 saturated heterocycles. The number of carbonyl (C=O) groups excluding carboxylic acids is 2. The van der Waals surface area contributed by atoms with Gasteiger partial charge in [-0.3, -0.25) is 4.79 Å². The number of benzene rings is 1. The highest BCUT2D eigenvalue weighted by atomic mass is 16.4. The number of carboxylic acids is 1. The molecule has 158 valence electrons. The standard InChI is InChI=1S/C25H35NO3/c1-16-3-5-18(6-4-16)12-22(17(2)24(28)29)23(27)26-8-7-25-13-19-9-20(14-25)11-21(10-19)15-25/h3-6,17,19-22H,7-15H2,1-2H3,(H,26,27)(H,28,29)/p-1/t17-,19?,20?,21?,22-,25?/m1/s1. The molecule has 4 aliphatic carbocycles. The largest absolute Gasteiger partial charge is 0.550 e. The first-order valence-electron chi connectivity index (χ1n) is 11.4. The van der Waals surface area contributed by atoms with Crippen LogP contribution in [-0.2, 0) is 16.0 Å². The van der Waals surface area contributed by atoms with Gasteiger partial charge in [0, 0.05) is 24.3 Å². The first-order chi connectivity index (χ1) is 13.8. The molecule has 2 atom stereocenters. The fraction of sp³-hybridized carbons (Fsp3) is 0.680. The van der Waals surface area contributed by atoms with Gasteiger partial charge in [0.1, 0.15) is 0 Å². The molecule has 4 aliphatic rings. The Labute approximate surface area is 174 Å². The van der Waals surface area contributed by atoms with Gasteiger partial charge in [0.15, 0.2) is 0 Å². The fourth-order valence-corrected chi connectivity index (χ4v) is 6.82. The molecule has 1 N–H and O–H groups in total. The summed E-state index contributed by atoms with van der Waals surface area (Å²) in [6.45, 7) is 4.27. The van der Waals surface area contributed by atoms with Crippen molar-refractivity contribution in [2.75, 3.05) is 6.54 Å². The van der Waals surface area contributed by atoms with Gasteiger partial charge in [0.05, 0.1) is 0 Å². The molecule has 29 heavy (non-hydrogen) atoms. The second-order valence-corrected chi connectivity index (χ2v) is 10.4. The van der Waals surface area contributed by atoms with Gasteiger partial charge >= 0.3 is 0 Å². The molecule has 4 nitrogen and oxygen atoms in total. The van der Waals surface area contributed by atoms with E-state index in [-0.39, 0.29) is 5.91 Å². The van der Waals surface area contributed by atoms with Crippen molar-refractivity contribution in [1.82, 2.24) is 5.32 Å². The maximum Gasteiger partial charge on any atom is 0.224 e. The van der Waals surface area contributed by atoms with E-state index in [9.17, 15) is 14.7 Å². The molecule has 1 aromatic rings. The normalized spacial score (nSPS) is 32.0. The monoisotopic (exact) mass is 396 g/mol. The lowest BCUT2D eigenvalue weighted by molar-refractivity contribution is -0.312. The van der Waals surface area contributed by atoms with Crippen LogP contribution < -0.4 is 10.4 Å². The average Bonchev–Trinajstić information content (AvgIpc) is 2.65. The molecule has 0 aromatic heterocycles. The summed E-state index contributed by atoms with van der Waals surface area (Å²) in [5.74, 6) is 0.0123. The molecule has 4 bridgehead atoms. The maximum absolute atomic E-state index is 12.9. The Bertz CT molecular complexity index is 719. The molecule has 1 amide bonds. The van der Waals surface area contributed by atoms with Crippen LogP contribution in [0.4, 0.5) is 0 Å². The van der Waals surface area contributed by atoms with Crippen molar-refractivity contribution in [1.29, 1.82) is 0 Å². The third kappa shape index (κ3) is 4.51. The lowest BCUT2D eigenvalue weighted by atomic mass is 9.49. The van der Waals surface area contributed by atoms with Gasteiger partial charge in [0.2, 0.25) is 5.91 Å². The third-order valence-corrected chi connectivity index (χ3v) is 8.01. The van der Waals surface area contributed by atoms with E-state index in [0.29, 0.717) is 18.4 Å². The van der Waals surface area contributed by atoms with Gasteiger partial charge in [0.25, 0.3) is 0 Å². The maximum atomic E-state index is 12.9. The second kappa shape index (κ2) is 8.12. The second-order valence-electron chi connectivity index (χ2n) is 10.4. The molecule has 0 unspecified atom stereocenters. The molecule has 0 aliphatic heterocycles. The fourth-order valence-electron chi connectivity index (χ4n) is 6.82. The van der Waals surface area contributed by atoms with E-state index in [1.54, 1.807) is 6.92 Å². The highest BCUT2D eigenvalue weighted by Gasteiger charge is 2.50. The Kier molecular flexibility index (Phi) is 5.72. The summed E-state index contributed by atoms with van der Waals surface area (Å²) in [7, 11) is 0. The SMILES string of the molecule is Cc1ccc(C[C@@H](C(=O)NCCC23CC4CC(CC(C4)C2)C3)[C@@H](C)C(=O)[O-])cc1. The average molecular weight is 397 g/mol. The van der Waals surface area contributed by atoms with Gasteiger partial charge in [-0.2, -0.15) is 0 Å². The number of hydrogen-bond acceptors (Lipinski definition) is 3. The Morgan fingerprint density at radius 3 is 2.14 bits per heavy atom. The van der Waals surface area contributed by atoms with Crippen molar-refractivity contribution in [2.24, 2.45) is 35.0 Å². The smallest absolute Gasteiger partial charge is 0.224 e. The van der Waals surface area contributed by atoms with E-state index >= 15 is 0 Å². The van der Waals surface area contributed by atoms with E-state index in [1.807, 2.05) is 31.2 Å². The highest BCUT2D eigenvalue weighted by Crippen LogP contribution is 2.61. The predicted molar refractivity (Wildman–Crippen MR) is 111 cm³/mol. The summed E-state index contributed by atoms with van der Waals surface area (Å²) in [6.07, 6.45) is 9.73. The molecule has 0 spiro atoms. The molecule has 4 heteroatoms. The summed E-state index contributed by atoms with van der Waals surface area (Å²) in [5, 5.41) is 14.6. The van der Waals surface area contributed by atoms with Gasteiger partial charge < -0.3 is 15.2 Å². The number of carboxylic acid groups (broad SMARTS) is 1. The Morgan fingerprint density at radius 1 is 1.07 bits per heavy atom.